The standard InChI is InChI=1S/C17H20N2O3S2/c1-11(2)6-13-7-14-17(24-13)23-10-16(21)19(14)9-15(20)18-8-12-4-3-5-22-12/h3-5,7,11H,6,8-10H2,1-2H3,(H,18,20). The molecule has 1 aliphatic heterocycles. The molecular formula is C17H20N2O3S2. The van der Waals surface area contributed by atoms with Gasteiger partial charge in [-0.3, -0.25) is 9.59 Å². The minimum atomic E-state index is -0.186. The van der Waals surface area contributed by atoms with Crippen molar-refractivity contribution in [1.29, 1.82) is 0 Å². The molecule has 24 heavy (non-hydrogen) atoms. The highest BCUT2D eigenvalue weighted by Gasteiger charge is 2.28. The number of carbonyl (C=O) groups is 2. The van der Waals surface area contributed by atoms with E-state index in [9.17, 15) is 9.59 Å². The summed E-state index contributed by atoms with van der Waals surface area (Å²) in [6.07, 6.45) is 2.56. The average molecular weight is 364 g/mol. The Morgan fingerprint density at radius 1 is 1.46 bits per heavy atom. The highest BCUT2D eigenvalue weighted by Crippen LogP contribution is 2.42. The van der Waals surface area contributed by atoms with Gasteiger partial charge in [0.15, 0.2) is 0 Å². The van der Waals surface area contributed by atoms with Crippen LogP contribution in [0.2, 0.25) is 0 Å². The minimum Gasteiger partial charge on any atom is -0.467 e. The maximum atomic E-state index is 12.3. The second-order valence-electron chi connectivity index (χ2n) is 6.11. The minimum absolute atomic E-state index is 0.0189. The first-order chi connectivity index (χ1) is 11.5. The van der Waals surface area contributed by atoms with Crippen LogP contribution in [0.3, 0.4) is 0 Å². The summed E-state index contributed by atoms with van der Waals surface area (Å²) in [5.74, 6) is 1.44. The van der Waals surface area contributed by atoms with Gasteiger partial charge in [-0.05, 0) is 30.5 Å². The third kappa shape index (κ3) is 4.02. The monoisotopic (exact) mass is 364 g/mol. The van der Waals surface area contributed by atoms with Crippen LogP contribution in [0.1, 0.15) is 24.5 Å². The van der Waals surface area contributed by atoms with Gasteiger partial charge in [-0.1, -0.05) is 13.8 Å². The van der Waals surface area contributed by atoms with Gasteiger partial charge in [0.05, 0.1) is 28.5 Å². The molecule has 0 fully saturated rings. The van der Waals surface area contributed by atoms with E-state index in [1.807, 2.05) is 0 Å². The Morgan fingerprint density at radius 3 is 3.00 bits per heavy atom. The molecule has 0 spiro atoms. The van der Waals surface area contributed by atoms with Gasteiger partial charge in [0.2, 0.25) is 11.8 Å². The molecule has 7 heteroatoms. The Hall–Kier alpha value is -1.73. The predicted octanol–water partition coefficient (Wildman–Crippen LogP) is 3.29. The number of nitrogens with one attached hydrogen (secondary N) is 1. The molecule has 2 aromatic rings. The molecule has 2 amide bonds. The molecule has 128 valence electrons. The van der Waals surface area contributed by atoms with Crippen LogP contribution < -0.4 is 10.2 Å². The van der Waals surface area contributed by atoms with Crippen molar-refractivity contribution in [3.8, 4) is 0 Å². The van der Waals surface area contributed by atoms with Gasteiger partial charge in [-0.2, -0.15) is 0 Å². The van der Waals surface area contributed by atoms with E-state index < -0.39 is 0 Å². The van der Waals surface area contributed by atoms with Crippen molar-refractivity contribution in [3.63, 3.8) is 0 Å². The van der Waals surface area contributed by atoms with Crippen molar-refractivity contribution in [2.75, 3.05) is 17.2 Å². The third-order valence-corrected chi connectivity index (χ3v) is 6.01. The smallest absolute Gasteiger partial charge is 0.240 e. The topological polar surface area (TPSA) is 62.6 Å². The van der Waals surface area contributed by atoms with Gasteiger partial charge in [0.25, 0.3) is 0 Å². The normalized spacial score (nSPS) is 14.1. The zero-order chi connectivity index (χ0) is 17.1. The molecule has 3 heterocycles. The number of carbonyl (C=O) groups excluding carboxylic acids is 2. The molecule has 0 saturated carbocycles. The number of fused-ring (bicyclic) bond motifs is 1. The third-order valence-electron chi connectivity index (χ3n) is 3.60. The molecule has 0 bridgehead atoms. The summed E-state index contributed by atoms with van der Waals surface area (Å²) in [5.41, 5.74) is 0.880. The van der Waals surface area contributed by atoms with E-state index in [-0.39, 0.29) is 18.4 Å². The van der Waals surface area contributed by atoms with Crippen LogP contribution in [0, 0.1) is 5.92 Å². The van der Waals surface area contributed by atoms with Gasteiger partial charge in [-0.15, -0.1) is 23.1 Å². The molecule has 0 aromatic carbocycles. The van der Waals surface area contributed by atoms with E-state index in [1.54, 1.807) is 46.4 Å². The lowest BCUT2D eigenvalue weighted by molar-refractivity contribution is -0.123. The average Bonchev–Trinajstić information content (AvgIpc) is 3.16. The second kappa shape index (κ2) is 7.44. The second-order valence-corrected chi connectivity index (χ2v) is 8.49. The first kappa shape index (κ1) is 17.1. The number of nitrogens with zero attached hydrogens (tertiary/aromatic N) is 1. The summed E-state index contributed by atoms with van der Waals surface area (Å²) in [7, 11) is 0. The van der Waals surface area contributed by atoms with Crippen molar-refractivity contribution < 1.29 is 14.0 Å². The number of hydrogen-bond donors (Lipinski definition) is 1. The zero-order valence-electron chi connectivity index (χ0n) is 13.7. The van der Waals surface area contributed by atoms with E-state index in [4.69, 9.17) is 4.42 Å². The number of rotatable bonds is 6. The van der Waals surface area contributed by atoms with Crippen LogP contribution in [-0.4, -0.2) is 24.1 Å². The van der Waals surface area contributed by atoms with Crippen LogP contribution in [0.4, 0.5) is 5.69 Å². The van der Waals surface area contributed by atoms with Gasteiger partial charge < -0.3 is 14.6 Å². The summed E-state index contributed by atoms with van der Waals surface area (Å²) in [5, 5.41) is 2.79. The summed E-state index contributed by atoms with van der Waals surface area (Å²) in [6.45, 7) is 4.73. The van der Waals surface area contributed by atoms with Gasteiger partial charge >= 0.3 is 0 Å². The van der Waals surface area contributed by atoms with Crippen LogP contribution in [0.15, 0.2) is 33.1 Å². The number of hydrogen-bond acceptors (Lipinski definition) is 5. The quantitative estimate of drug-likeness (QED) is 0.854. The summed E-state index contributed by atoms with van der Waals surface area (Å²) >= 11 is 3.30. The molecule has 3 rings (SSSR count). The summed E-state index contributed by atoms with van der Waals surface area (Å²) < 4.78 is 6.32. The maximum Gasteiger partial charge on any atom is 0.240 e. The lowest BCUT2D eigenvalue weighted by atomic mass is 10.1. The molecule has 0 saturated heterocycles. The van der Waals surface area contributed by atoms with E-state index in [1.165, 1.54) is 4.88 Å². The molecule has 1 N–H and O–H groups in total. The lowest BCUT2D eigenvalue weighted by Crippen LogP contribution is -2.42. The van der Waals surface area contributed by atoms with Gasteiger partial charge in [0, 0.05) is 4.88 Å². The Morgan fingerprint density at radius 2 is 2.29 bits per heavy atom. The molecule has 1 aliphatic rings. The number of amides is 2. The van der Waals surface area contributed by atoms with Gasteiger partial charge in [-0.25, -0.2) is 0 Å². The molecule has 2 aromatic heterocycles. The van der Waals surface area contributed by atoms with Crippen LogP contribution in [0.25, 0.3) is 0 Å². The van der Waals surface area contributed by atoms with E-state index >= 15 is 0 Å². The molecule has 5 nitrogen and oxygen atoms in total. The zero-order valence-corrected chi connectivity index (χ0v) is 15.3. The van der Waals surface area contributed by atoms with E-state index in [2.05, 4.69) is 25.2 Å². The van der Waals surface area contributed by atoms with Crippen molar-refractivity contribution in [3.05, 3.63) is 35.1 Å². The summed E-state index contributed by atoms with van der Waals surface area (Å²) in [6, 6.07) is 5.64. The van der Waals surface area contributed by atoms with Crippen LogP contribution in [0.5, 0.6) is 0 Å². The first-order valence-corrected chi connectivity index (χ1v) is 9.68. The fourth-order valence-corrected chi connectivity index (χ4v) is 5.08. The SMILES string of the molecule is CC(C)Cc1cc2c(s1)SCC(=O)N2CC(=O)NCc1ccco1. The molecule has 0 radical (unpaired) electrons. The van der Waals surface area contributed by atoms with Crippen LogP contribution in [-0.2, 0) is 22.6 Å². The van der Waals surface area contributed by atoms with Crippen LogP contribution >= 0.6 is 23.1 Å². The first-order valence-electron chi connectivity index (χ1n) is 7.88. The highest BCUT2D eigenvalue weighted by atomic mass is 32.2. The van der Waals surface area contributed by atoms with Crippen molar-refractivity contribution in [2.24, 2.45) is 5.92 Å². The van der Waals surface area contributed by atoms with Gasteiger partial charge in [0.1, 0.15) is 12.3 Å². The van der Waals surface area contributed by atoms with Crippen molar-refractivity contribution >= 4 is 40.6 Å². The number of thioether (sulfide) groups is 1. The van der Waals surface area contributed by atoms with Crippen molar-refractivity contribution in [1.82, 2.24) is 5.32 Å². The van der Waals surface area contributed by atoms with E-state index in [0.29, 0.717) is 24.0 Å². The van der Waals surface area contributed by atoms with E-state index in [0.717, 1.165) is 16.3 Å². The fourth-order valence-electron chi connectivity index (χ4n) is 2.52. The number of thiophene rings is 1. The summed E-state index contributed by atoms with van der Waals surface area (Å²) in [4.78, 5) is 27.3. The largest absolute Gasteiger partial charge is 0.467 e. The molecule has 0 unspecified atom stereocenters. The highest BCUT2D eigenvalue weighted by molar-refractivity contribution is 8.02. The van der Waals surface area contributed by atoms with Crippen molar-refractivity contribution in [2.45, 2.75) is 31.0 Å². The molecule has 0 aliphatic carbocycles. The Balaban J connectivity index is 1.67. The maximum absolute atomic E-state index is 12.3. The number of anilines is 1. The number of furan rings is 1. The molecule has 0 atom stereocenters. The predicted molar refractivity (Wildman–Crippen MR) is 96.5 cm³/mol. The fraction of sp³-hybridized carbons (Fsp3) is 0.412. The Bertz CT molecular complexity index is 722. The molecular weight excluding hydrogens is 344 g/mol. The lowest BCUT2D eigenvalue weighted by Gasteiger charge is -2.25. The Labute approximate surface area is 149 Å². The Kier molecular flexibility index (Phi) is 5.30.